The Bertz CT molecular complexity index is 805. The van der Waals surface area contributed by atoms with Gasteiger partial charge in [-0.2, -0.15) is 0 Å². The molecule has 0 saturated carbocycles. The summed E-state index contributed by atoms with van der Waals surface area (Å²) in [5.41, 5.74) is 0.526. The summed E-state index contributed by atoms with van der Waals surface area (Å²) in [5.74, 6) is 1.25. The van der Waals surface area contributed by atoms with E-state index < -0.39 is 10.0 Å². The molecule has 0 spiro atoms. The third-order valence-electron chi connectivity index (χ3n) is 3.62. The van der Waals surface area contributed by atoms with Gasteiger partial charge in [-0.25, -0.2) is 8.42 Å². The molecule has 0 aromatic heterocycles. The Kier molecular flexibility index (Phi) is 7.03. The summed E-state index contributed by atoms with van der Waals surface area (Å²) in [5, 5.41) is 2.73. The Hall–Kier alpha value is -2.54. The van der Waals surface area contributed by atoms with Crippen LogP contribution in [0, 0.1) is 0 Å². The maximum absolute atomic E-state index is 12.1. The van der Waals surface area contributed by atoms with Crippen molar-refractivity contribution >= 4 is 21.6 Å². The monoisotopic (exact) mass is 376 g/mol. The summed E-state index contributed by atoms with van der Waals surface area (Å²) in [4.78, 5) is 11.5. The standard InChI is InChI=1S/C19H24N2O4S/c1-3-7-19(22)20-14-15-21(26(2,23)24)16-10-12-18(13-11-16)25-17-8-5-4-6-9-17/h4-6,8-13H,3,7,14-15H2,1-2H3,(H,20,22). The number of anilines is 1. The third kappa shape index (κ3) is 6.07. The van der Waals surface area contributed by atoms with Gasteiger partial charge in [0.05, 0.1) is 18.5 Å². The van der Waals surface area contributed by atoms with Gasteiger partial charge in [-0.3, -0.25) is 9.10 Å². The number of carbonyl (C=O) groups excluding carboxylic acids is 1. The molecule has 0 fully saturated rings. The molecule has 0 saturated heterocycles. The number of carbonyl (C=O) groups is 1. The van der Waals surface area contributed by atoms with Crippen molar-refractivity contribution in [3.8, 4) is 11.5 Å². The molecule has 2 rings (SSSR count). The van der Waals surface area contributed by atoms with E-state index in [4.69, 9.17) is 4.74 Å². The normalized spacial score (nSPS) is 11.0. The van der Waals surface area contributed by atoms with Crippen LogP contribution in [0.5, 0.6) is 11.5 Å². The van der Waals surface area contributed by atoms with Crippen molar-refractivity contribution in [1.82, 2.24) is 5.32 Å². The molecular weight excluding hydrogens is 352 g/mol. The highest BCUT2D eigenvalue weighted by Gasteiger charge is 2.17. The predicted octanol–water partition coefficient (Wildman–Crippen LogP) is 3.16. The minimum Gasteiger partial charge on any atom is -0.457 e. The summed E-state index contributed by atoms with van der Waals surface area (Å²) in [7, 11) is -3.46. The number of nitrogens with one attached hydrogen (secondary N) is 1. The van der Waals surface area contributed by atoms with Crippen LogP contribution in [0.3, 0.4) is 0 Å². The molecule has 0 radical (unpaired) electrons. The van der Waals surface area contributed by atoms with Gasteiger partial charge in [0.15, 0.2) is 0 Å². The molecule has 0 aliphatic carbocycles. The van der Waals surface area contributed by atoms with E-state index in [9.17, 15) is 13.2 Å². The average molecular weight is 376 g/mol. The van der Waals surface area contributed by atoms with Gasteiger partial charge in [0.2, 0.25) is 15.9 Å². The molecule has 0 aliphatic rings. The molecule has 0 unspecified atom stereocenters. The van der Waals surface area contributed by atoms with Gasteiger partial charge in [0, 0.05) is 13.0 Å². The van der Waals surface area contributed by atoms with Crippen molar-refractivity contribution < 1.29 is 17.9 Å². The smallest absolute Gasteiger partial charge is 0.232 e. The summed E-state index contributed by atoms with van der Waals surface area (Å²) in [6, 6.07) is 16.2. The Balaban J connectivity index is 2.05. The fourth-order valence-electron chi connectivity index (χ4n) is 2.40. The summed E-state index contributed by atoms with van der Waals surface area (Å²) >= 11 is 0. The summed E-state index contributed by atoms with van der Waals surface area (Å²) in [6.07, 6.45) is 2.34. The third-order valence-corrected chi connectivity index (χ3v) is 4.81. The molecule has 1 N–H and O–H groups in total. The van der Waals surface area contributed by atoms with E-state index in [1.54, 1.807) is 24.3 Å². The molecule has 7 heteroatoms. The lowest BCUT2D eigenvalue weighted by Crippen LogP contribution is -2.38. The first-order valence-electron chi connectivity index (χ1n) is 8.47. The first kappa shape index (κ1) is 19.8. The van der Waals surface area contributed by atoms with E-state index in [0.717, 1.165) is 12.7 Å². The van der Waals surface area contributed by atoms with Crippen LogP contribution in [0.1, 0.15) is 19.8 Å². The number of hydrogen-bond donors (Lipinski definition) is 1. The lowest BCUT2D eigenvalue weighted by Gasteiger charge is -2.22. The van der Waals surface area contributed by atoms with E-state index in [2.05, 4.69) is 5.32 Å². The minimum atomic E-state index is -3.46. The summed E-state index contributed by atoms with van der Waals surface area (Å²) in [6.45, 7) is 2.35. The fourth-order valence-corrected chi connectivity index (χ4v) is 3.33. The zero-order chi connectivity index (χ0) is 19.0. The Labute approximate surface area is 154 Å². The van der Waals surface area contributed by atoms with Crippen molar-refractivity contribution in [3.05, 3.63) is 54.6 Å². The van der Waals surface area contributed by atoms with Crippen molar-refractivity contribution in [1.29, 1.82) is 0 Å². The number of para-hydroxylation sites is 1. The zero-order valence-corrected chi connectivity index (χ0v) is 15.8. The molecule has 6 nitrogen and oxygen atoms in total. The van der Waals surface area contributed by atoms with Gasteiger partial charge < -0.3 is 10.1 Å². The van der Waals surface area contributed by atoms with Crippen molar-refractivity contribution in [2.24, 2.45) is 0 Å². The molecule has 0 bridgehead atoms. The maximum atomic E-state index is 12.1. The maximum Gasteiger partial charge on any atom is 0.232 e. The van der Waals surface area contributed by atoms with E-state index in [0.29, 0.717) is 23.6 Å². The number of ether oxygens (including phenoxy) is 1. The van der Waals surface area contributed by atoms with E-state index >= 15 is 0 Å². The van der Waals surface area contributed by atoms with Crippen LogP contribution in [-0.2, 0) is 14.8 Å². The van der Waals surface area contributed by atoms with Crippen LogP contribution in [-0.4, -0.2) is 33.7 Å². The van der Waals surface area contributed by atoms with Gasteiger partial charge in [-0.1, -0.05) is 25.1 Å². The molecular formula is C19H24N2O4S. The number of benzene rings is 2. The van der Waals surface area contributed by atoms with E-state index in [1.165, 1.54) is 4.31 Å². The lowest BCUT2D eigenvalue weighted by atomic mass is 10.3. The van der Waals surface area contributed by atoms with Crippen LogP contribution < -0.4 is 14.4 Å². The number of hydrogen-bond acceptors (Lipinski definition) is 4. The molecule has 2 aromatic carbocycles. The minimum absolute atomic E-state index is 0.0763. The Morgan fingerprint density at radius 1 is 1.04 bits per heavy atom. The molecule has 140 valence electrons. The first-order chi connectivity index (χ1) is 12.4. The number of nitrogens with zero attached hydrogens (tertiary/aromatic N) is 1. The highest BCUT2D eigenvalue weighted by atomic mass is 32.2. The van der Waals surface area contributed by atoms with Gasteiger partial charge in [-0.15, -0.1) is 0 Å². The number of amides is 1. The molecule has 0 aliphatic heterocycles. The number of rotatable bonds is 9. The second-order valence-electron chi connectivity index (χ2n) is 5.84. The number of sulfonamides is 1. The van der Waals surface area contributed by atoms with Gasteiger partial charge in [-0.05, 0) is 42.8 Å². The average Bonchev–Trinajstić information content (AvgIpc) is 2.60. The second kappa shape index (κ2) is 9.24. The Morgan fingerprint density at radius 2 is 1.65 bits per heavy atom. The van der Waals surface area contributed by atoms with Gasteiger partial charge in [0.1, 0.15) is 11.5 Å². The van der Waals surface area contributed by atoms with Crippen LogP contribution in [0.25, 0.3) is 0 Å². The Morgan fingerprint density at radius 3 is 2.23 bits per heavy atom. The molecule has 26 heavy (non-hydrogen) atoms. The molecule has 0 atom stereocenters. The molecule has 2 aromatic rings. The van der Waals surface area contributed by atoms with Crippen molar-refractivity contribution in [3.63, 3.8) is 0 Å². The van der Waals surface area contributed by atoms with E-state index in [-0.39, 0.29) is 19.0 Å². The van der Waals surface area contributed by atoms with E-state index in [1.807, 2.05) is 37.3 Å². The fraction of sp³-hybridized carbons (Fsp3) is 0.316. The van der Waals surface area contributed by atoms with Crippen LogP contribution in [0.15, 0.2) is 54.6 Å². The summed E-state index contributed by atoms with van der Waals surface area (Å²) < 4.78 is 31.2. The van der Waals surface area contributed by atoms with Crippen LogP contribution >= 0.6 is 0 Å². The predicted molar refractivity (Wildman–Crippen MR) is 103 cm³/mol. The highest BCUT2D eigenvalue weighted by Crippen LogP contribution is 2.25. The highest BCUT2D eigenvalue weighted by molar-refractivity contribution is 7.92. The molecule has 0 heterocycles. The first-order valence-corrected chi connectivity index (χ1v) is 10.3. The van der Waals surface area contributed by atoms with Gasteiger partial charge in [0.25, 0.3) is 0 Å². The lowest BCUT2D eigenvalue weighted by molar-refractivity contribution is -0.121. The zero-order valence-electron chi connectivity index (χ0n) is 15.0. The van der Waals surface area contributed by atoms with Crippen molar-refractivity contribution in [2.45, 2.75) is 19.8 Å². The van der Waals surface area contributed by atoms with Crippen molar-refractivity contribution in [2.75, 3.05) is 23.7 Å². The quantitative estimate of drug-likeness (QED) is 0.729. The topological polar surface area (TPSA) is 75.7 Å². The largest absolute Gasteiger partial charge is 0.457 e. The van der Waals surface area contributed by atoms with Crippen LogP contribution in [0.4, 0.5) is 5.69 Å². The van der Waals surface area contributed by atoms with Crippen LogP contribution in [0.2, 0.25) is 0 Å². The van der Waals surface area contributed by atoms with Gasteiger partial charge >= 0.3 is 0 Å². The second-order valence-corrected chi connectivity index (χ2v) is 7.75. The SMILES string of the molecule is CCCC(=O)NCCN(c1ccc(Oc2ccccc2)cc1)S(C)(=O)=O. The molecule has 1 amide bonds.